The van der Waals surface area contributed by atoms with Gasteiger partial charge in [-0.15, -0.1) is 0 Å². The normalized spacial score (nSPS) is 11.7. The van der Waals surface area contributed by atoms with E-state index in [2.05, 4.69) is 10.6 Å². The third-order valence-corrected chi connectivity index (χ3v) is 2.18. The van der Waals surface area contributed by atoms with Crippen molar-refractivity contribution in [2.45, 2.75) is 26.1 Å². The van der Waals surface area contributed by atoms with Gasteiger partial charge in [0.2, 0.25) is 5.91 Å². The molecule has 18 heavy (non-hydrogen) atoms. The zero-order chi connectivity index (χ0) is 13.8. The highest BCUT2D eigenvalue weighted by atomic mass is 19.4. The third-order valence-electron chi connectivity index (χ3n) is 2.18. The summed E-state index contributed by atoms with van der Waals surface area (Å²) >= 11 is 0. The minimum Gasteiger partial charge on any atom is -0.324 e. The van der Waals surface area contributed by atoms with Crippen molar-refractivity contribution in [3.05, 3.63) is 29.8 Å². The first kappa shape index (κ1) is 14.5. The smallest absolute Gasteiger partial charge is 0.324 e. The van der Waals surface area contributed by atoms with Crippen LogP contribution in [0.1, 0.15) is 19.4 Å². The number of amides is 1. The molecule has 3 nitrogen and oxygen atoms in total. The van der Waals surface area contributed by atoms with Gasteiger partial charge in [0.15, 0.2) is 0 Å². The van der Waals surface area contributed by atoms with Gasteiger partial charge in [-0.25, -0.2) is 0 Å². The molecular weight excluding hydrogens is 245 g/mol. The molecular formula is C12H15F3N2O. The zero-order valence-electron chi connectivity index (χ0n) is 10.1. The van der Waals surface area contributed by atoms with Crippen molar-refractivity contribution in [1.82, 2.24) is 5.32 Å². The standard InChI is InChI=1S/C12H15F3N2O/c1-8(2)16-7-11(18)17-10-6-4-3-5-9(10)12(13,14)15/h3-6,8,16H,7H2,1-2H3,(H,17,18). The van der Waals surface area contributed by atoms with E-state index in [1.165, 1.54) is 18.2 Å². The van der Waals surface area contributed by atoms with Gasteiger partial charge in [0.25, 0.3) is 0 Å². The van der Waals surface area contributed by atoms with Crippen molar-refractivity contribution in [3.8, 4) is 0 Å². The molecule has 0 saturated carbocycles. The molecule has 0 aliphatic heterocycles. The van der Waals surface area contributed by atoms with Crippen LogP contribution in [-0.2, 0) is 11.0 Å². The molecule has 0 saturated heterocycles. The number of carbonyl (C=O) groups excluding carboxylic acids is 1. The SMILES string of the molecule is CC(C)NCC(=O)Nc1ccccc1C(F)(F)F. The fourth-order valence-corrected chi connectivity index (χ4v) is 1.33. The zero-order valence-corrected chi connectivity index (χ0v) is 10.1. The molecule has 100 valence electrons. The first-order valence-corrected chi connectivity index (χ1v) is 5.50. The highest BCUT2D eigenvalue weighted by Gasteiger charge is 2.33. The Morgan fingerprint density at radius 3 is 2.44 bits per heavy atom. The quantitative estimate of drug-likeness (QED) is 0.873. The van der Waals surface area contributed by atoms with E-state index in [-0.39, 0.29) is 18.3 Å². The van der Waals surface area contributed by atoms with Crippen LogP contribution in [0.25, 0.3) is 0 Å². The van der Waals surface area contributed by atoms with Crippen LogP contribution in [-0.4, -0.2) is 18.5 Å². The highest BCUT2D eigenvalue weighted by molar-refractivity contribution is 5.93. The van der Waals surface area contributed by atoms with Gasteiger partial charge in [0.05, 0.1) is 17.8 Å². The number of hydrogen-bond acceptors (Lipinski definition) is 2. The van der Waals surface area contributed by atoms with Crippen molar-refractivity contribution < 1.29 is 18.0 Å². The Kier molecular flexibility index (Phi) is 4.72. The summed E-state index contributed by atoms with van der Waals surface area (Å²) in [6.45, 7) is 3.66. The van der Waals surface area contributed by atoms with Crippen LogP contribution in [0.5, 0.6) is 0 Å². The summed E-state index contributed by atoms with van der Waals surface area (Å²) in [4.78, 5) is 11.5. The molecule has 0 aliphatic carbocycles. The fraction of sp³-hybridized carbons (Fsp3) is 0.417. The maximum Gasteiger partial charge on any atom is 0.418 e. The lowest BCUT2D eigenvalue weighted by Gasteiger charge is -2.14. The molecule has 0 aliphatic rings. The summed E-state index contributed by atoms with van der Waals surface area (Å²) in [5.41, 5.74) is -1.07. The number of rotatable bonds is 4. The number of hydrogen-bond donors (Lipinski definition) is 2. The van der Waals surface area contributed by atoms with E-state index < -0.39 is 17.6 Å². The average molecular weight is 260 g/mol. The van der Waals surface area contributed by atoms with Crippen molar-refractivity contribution in [2.24, 2.45) is 0 Å². The van der Waals surface area contributed by atoms with Crippen LogP contribution in [0.3, 0.4) is 0 Å². The number of anilines is 1. The Hall–Kier alpha value is -1.56. The third kappa shape index (κ3) is 4.37. The Balaban J connectivity index is 2.76. The number of nitrogens with one attached hydrogen (secondary N) is 2. The van der Waals surface area contributed by atoms with Gasteiger partial charge in [-0.3, -0.25) is 4.79 Å². The van der Waals surface area contributed by atoms with Crippen LogP contribution < -0.4 is 10.6 Å². The maximum atomic E-state index is 12.6. The summed E-state index contributed by atoms with van der Waals surface area (Å²) in [6, 6.07) is 4.99. The molecule has 0 atom stereocenters. The van der Waals surface area contributed by atoms with Crippen LogP contribution in [0.2, 0.25) is 0 Å². The summed E-state index contributed by atoms with van der Waals surface area (Å²) in [5, 5.41) is 5.08. The maximum absolute atomic E-state index is 12.6. The Morgan fingerprint density at radius 1 is 1.28 bits per heavy atom. The van der Waals surface area contributed by atoms with E-state index >= 15 is 0 Å². The minimum absolute atomic E-state index is 0.0240. The molecule has 1 aromatic rings. The van der Waals surface area contributed by atoms with Gasteiger partial charge in [0.1, 0.15) is 0 Å². The number of para-hydroxylation sites is 1. The minimum atomic E-state index is -4.48. The Bertz CT molecular complexity index is 416. The van der Waals surface area contributed by atoms with E-state index in [0.29, 0.717) is 0 Å². The van der Waals surface area contributed by atoms with Crippen molar-refractivity contribution >= 4 is 11.6 Å². The number of alkyl halides is 3. The Morgan fingerprint density at radius 2 is 1.89 bits per heavy atom. The molecule has 0 bridgehead atoms. The predicted octanol–water partition coefficient (Wildman–Crippen LogP) is 2.64. The Labute approximate surface area is 103 Å². The molecule has 1 amide bonds. The van der Waals surface area contributed by atoms with Crippen LogP contribution >= 0.6 is 0 Å². The van der Waals surface area contributed by atoms with E-state index in [0.717, 1.165) is 6.07 Å². The second-order valence-electron chi connectivity index (χ2n) is 4.13. The van der Waals surface area contributed by atoms with Gasteiger partial charge in [-0.2, -0.15) is 13.2 Å². The van der Waals surface area contributed by atoms with E-state index in [9.17, 15) is 18.0 Å². The molecule has 1 rings (SSSR count). The molecule has 0 heterocycles. The number of halogens is 3. The predicted molar refractivity (Wildman–Crippen MR) is 63.2 cm³/mol. The molecule has 0 fully saturated rings. The molecule has 1 aromatic carbocycles. The lowest BCUT2D eigenvalue weighted by Crippen LogP contribution is -2.33. The lowest BCUT2D eigenvalue weighted by molar-refractivity contribution is -0.137. The van der Waals surface area contributed by atoms with Gasteiger partial charge in [-0.05, 0) is 12.1 Å². The first-order chi connectivity index (χ1) is 8.30. The first-order valence-electron chi connectivity index (χ1n) is 5.50. The molecule has 0 spiro atoms. The number of benzene rings is 1. The highest BCUT2D eigenvalue weighted by Crippen LogP contribution is 2.34. The van der Waals surface area contributed by atoms with Gasteiger partial charge < -0.3 is 10.6 Å². The van der Waals surface area contributed by atoms with Crippen molar-refractivity contribution in [3.63, 3.8) is 0 Å². The van der Waals surface area contributed by atoms with E-state index in [4.69, 9.17) is 0 Å². The van der Waals surface area contributed by atoms with Crippen LogP contribution in [0.4, 0.5) is 18.9 Å². The largest absolute Gasteiger partial charge is 0.418 e. The van der Waals surface area contributed by atoms with Crippen LogP contribution in [0.15, 0.2) is 24.3 Å². The number of carbonyl (C=O) groups is 1. The summed E-state index contributed by atoms with van der Waals surface area (Å²) < 4.78 is 37.9. The van der Waals surface area contributed by atoms with Crippen molar-refractivity contribution in [2.75, 3.05) is 11.9 Å². The fourth-order valence-electron chi connectivity index (χ4n) is 1.33. The second kappa shape index (κ2) is 5.86. The summed E-state index contributed by atoms with van der Waals surface area (Å²) in [6.07, 6.45) is -4.48. The molecule has 0 unspecified atom stereocenters. The average Bonchev–Trinajstić information content (AvgIpc) is 2.25. The topological polar surface area (TPSA) is 41.1 Å². The van der Waals surface area contributed by atoms with E-state index in [1.807, 2.05) is 13.8 Å². The summed E-state index contributed by atoms with van der Waals surface area (Å²) in [7, 11) is 0. The summed E-state index contributed by atoms with van der Waals surface area (Å²) in [5.74, 6) is -0.500. The van der Waals surface area contributed by atoms with Gasteiger partial charge in [0, 0.05) is 6.04 Å². The van der Waals surface area contributed by atoms with E-state index in [1.54, 1.807) is 0 Å². The molecule has 6 heteroatoms. The second-order valence-corrected chi connectivity index (χ2v) is 4.13. The lowest BCUT2D eigenvalue weighted by atomic mass is 10.1. The van der Waals surface area contributed by atoms with Gasteiger partial charge >= 0.3 is 6.18 Å². The molecule has 2 N–H and O–H groups in total. The van der Waals surface area contributed by atoms with Gasteiger partial charge in [-0.1, -0.05) is 26.0 Å². The molecule has 0 radical (unpaired) electrons. The van der Waals surface area contributed by atoms with Crippen LogP contribution in [0, 0.1) is 0 Å². The monoisotopic (exact) mass is 260 g/mol. The molecule has 0 aromatic heterocycles. The van der Waals surface area contributed by atoms with Crippen molar-refractivity contribution in [1.29, 1.82) is 0 Å².